The molecule has 0 atom stereocenters. The van der Waals surface area contributed by atoms with Crippen molar-refractivity contribution in [3.63, 3.8) is 0 Å². The van der Waals surface area contributed by atoms with Crippen LogP contribution in [-0.2, 0) is 6.42 Å². The van der Waals surface area contributed by atoms with Gasteiger partial charge in [0.25, 0.3) is 0 Å². The molecule has 0 spiro atoms. The van der Waals surface area contributed by atoms with Crippen molar-refractivity contribution in [1.82, 2.24) is 0 Å². The summed E-state index contributed by atoms with van der Waals surface area (Å²) < 4.78 is 5.41. The van der Waals surface area contributed by atoms with E-state index in [1.54, 1.807) is 7.11 Å². The largest absolute Gasteiger partial charge is 0.496 e. The lowest BCUT2D eigenvalue weighted by Gasteiger charge is -2.15. The van der Waals surface area contributed by atoms with E-state index in [0.717, 1.165) is 25.0 Å². The van der Waals surface area contributed by atoms with E-state index in [4.69, 9.17) is 10.5 Å². The zero-order chi connectivity index (χ0) is 11.1. The molecule has 0 heterocycles. The molecule has 2 heteroatoms. The lowest BCUT2D eigenvalue weighted by atomic mass is 9.97. The van der Waals surface area contributed by atoms with Gasteiger partial charge in [0, 0.05) is 5.54 Å². The number of methoxy groups -OCH3 is 1. The summed E-state index contributed by atoms with van der Waals surface area (Å²) >= 11 is 0. The van der Waals surface area contributed by atoms with E-state index < -0.39 is 0 Å². The number of hydrogen-bond donors (Lipinski definition) is 1. The molecule has 0 bridgehead atoms. The molecule has 1 fully saturated rings. The Morgan fingerprint density at radius 3 is 2.53 bits per heavy atom. The van der Waals surface area contributed by atoms with Crippen LogP contribution in [0.3, 0.4) is 0 Å². The van der Waals surface area contributed by atoms with E-state index in [0.29, 0.717) is 0 Å². The summed E-state index contributed by atoms with van der Waals surface area (Å²) in [5.41, 5.74) is 9.98. The summed E-state index contributed by atoms with van der Waals surface area (Å²) in [6, 6.07) is 4.30. The summed E-state index contributed by atoms with van der Waals surface area (Å²) in [7, 11) is 1.73. The van der Waals surface area contributed by atoms with Crippen LogP contribution in [-0.4, -0.2) is 12.6 Å². The van der Waals surface area contributed by atoms with Crippen LogP contribution in [0.5, 0.6) is 5.75 Å². The topological polar surface area (TPSA) is 35.2 Å². The second-order valence-corrected chi connectivity index (χ2v) is 4.74. The third-order valence-electron chi connectivity index (χ3n) is 3.35. The Balaban J connectivity index is 2.31. The van der Waals surface area contributed by atoms with Gasteiger partial charge in [0.05, 0.1) is 7.11 Å². The molecule has 0 amide bonds. The number of ether oxygens (including phenoxy) is 1. The summed E-state index contributed by atoms with van der Waals surface area (Å²) in [6.45, 7) is 4.19. The maximum Gasteiger partial charge on any atom is 0.124 e. The van der Waals surface area contributed by atoms with Crippen LogP contribution < -0.4 is 10.5 Å². The van der Waals surface area contributed by atoms with Crippen molar-refractivity contribution in [3.05, 3.63) is 28.8 Å². The summed E-state index contributed by atoms with van der Waals surface area (Å²) in [6.07, 6.45) is 3.29. The maximum absolute atomic E-state index is 6.14. The number of nitrogens with two attached hydrogens (primary N) is 1. The van der Waals surface area contributed by atoms with Gasteiger partial charge in [0.15, 0.2) is 0 Å². The van der Waals surface area contributed by atoms with Gasteiger partial charge in [-0.05, 0) is 49.8 Å². The van der Waals surface area contributed by atoms with Crippen molar-refractivity contribution < 1.29 is 4.74 Å². The second kappa shape index (κ2) is 3.53. The first kappa shape index (κ1) is 10.5. The zero-order valence-electron chi connectivity index (χ0n) is 9.76. The first-order chi connectivity index (χ1) is 7.06. The van der Waals surface area contributed by atoms with Crippen LogP contribution in [0.2, 0.25) is 0 Å². The predicted octanol–water partition coefficient (Wildman–Crippen LogP) is 2.35. The van der Waals surface area contributed by atoms with Crippen molar-refractivity contribution in [2.24, 2.45) is 5.73 Å². The molecule has 0 aliphatic heterocycles. The van der Waals surface area contributed by atoms with Crippen LogP contribution in [0.1, 0.15) is 29.5 Å². The standard InChI is InChI=1S/C13H19NO/c1-9-4-5-11(8-13(14)6-7-13)10(2)12(9)15-3/h4-5H,6-8,14H2,1-3H3. The Labute approximate surface area is 91.4 Å². The Morgan fingerprint density at radius 1 is 1.33 bits per heavy atom. The van der Waals surface area contributed by atoms with Crippen LogP contribution in [0.4, 0.5) is 0 Å². The fourth-order valence-electron chi connectivity index (χ4n) is 2.09. The van der Waals surface area contributed by atoms with Crippen molar-refractivity contribution in [1.29, 1.82) is 0 Å². The molecule has 1 aromatic rings. The van der Waals surface area contributed by atoms with Crippen molar-refractivity contribution in [2.75, 3.05) is 7.11 Å². The molecule has 2 nitrogen and oxygen atoms in total. The van der Waals surface area contributed by atoms with Gasteiger partial charge in [0.2, 0.25) is 0 Å². The predicted molar refractivity (Wildman–Crippen MR) is 62.3 cm³/mol. The maximum atomic E-state index is 6.14. The van der Waals surface area contributed by atoms with Crippen LogP contribution in [0.15, 0.2) is 12.1 Å². The molecule has 15 heavy (non-hydrogen) atoms. The fourth-order valence-corrected chi connectivity index (χ4v) is 2.09. The van der Waals surface area contributed by atoms with Gasteiger partial charge in [-0.25, -0.2) is 0 Å². The summed E-state index contributed by atoms with van der Waals surface area (Å²) in [5.74, 6) is 1.01. The molecular weight excluding hydrogens is 186 g/mol. The highest BCUT2D eigenvalue weighted by atomic mass is 16.5. The van der Waals surface area contributed by atoms with E-state index in [-0.39, 0.29) is 5.54 Å². The fraction of sp³-hybridized carbons (Fsp3) is 0.538. The van der Waals surface area contributed by atoms with Gasteiger partial charge in [-0.1, -0.05) is 12.1 Å². The third kappa shape index (κ3) is 2.00. The summed E-state index contributed by atoms with van der Waals surface area (Å²) in [4.78, 5) is 0. The van der Waals surface area contributed by atoms with Gasteiger partial charge in [-0.2, -0.15) is 0 Å². The van der Waals surface area contributed by atoms with E-state index in [1.807, 2.05) is 0 Å². The molecule has 1 aliphatic carbocycles. The molecule has 0 unspecified atom stereocenters. The Kier molecular flexibility index (Phi) is 2.47. The highest BCUT2D eigenvalue weighted by Gasteiger charge is 2.38. The average molecular weight is 205 g/mol. The molecule has 2 N–H and O–H groups in total. The smallest absolute Gasteiger partial charge is 0.124 e. The molecule has 82 valence electrons. The molecule has 2 rings (SSSR count). The lowest BCUT2D eigenvalue weighted by Crippen LogP contribution is -2.25. The monoisotopic (exact) mass is 205 g/mol. The Bertz CT molecular complexity index is 380. The number of hydrogen-bond acceptors (Lipinski definition) is 2. The molecule has 1 aliphatic rings. The van der Waals surface area contributed by atoms with E-state index in [2.05, 4.69) is 26.0 Å². The third-order valence-corrected chi connectivity index (χ3v) is 3.35. The highest BCUT2D eigenvalue weighted by molar-refractivity contribution is 5.46. The second-order valence-electron chi connectivity index (χ2n) is 4.74. The molecule has 1 saturated carbocycles. The number of rotatable bonds is 3. The van der Waals surface area contributed by atoms with Gasteiger partial charge >= 0.3 is 0 Å². The molecule has 0 saturated heterocycles. The zero-order valence-corrected chi connectivity index (χ0v) is 9.76. The first-order valence-corrected chi connectivity index (χ1v) is 5.48. The van der Waals surface area contributed by atoms with E-state index in [9.17, 15) is 0 Å². The molecule has 1 aromatic carbocycles. The quantitative estimate of drug-likeness (QED) is 0.822. The molecule has 0 aromatic heterocycles. The number of benzene rings is 1. The minimum absolute atomic E-state index is 0.0744. The SMILES string of the molecule is COc1c(C)ccc(CC2(N)CC2)c1C. The van der Waals surface area contributed by atoms with Crippen LogP contribution >= 0.6 is 0 Å². The minimum Gasteiger partial charge on any atom is -0.496 e. The highest BCUT2D eigenvalue weighted by Crippen LogP contribution is 2.38. The number of aryl methyl sites for hydroxylation is 1. The van der Waals surface area contributed by atoms with Crippen molar-refractivity contribution in [2.45, 2.75) is 38.6 Å². The van der Waals surface area contributed by atoms with Crippen LogP contribution in [0.25, 0.3) is 0 Å². The lowest BCUT2D eigenvalue weighted by molar-refractivity contribution is 0.407. The molecule has 0 radical (unpaired) electrons. The van der Waals surface area contributed by atoms with Crippen LogP contribution in [0, 0.1) is 13.8 Å². The average Bonchev–Trinajstić information content (AvgIpc) is 2.90. The van der Waals surface area contributed by atoms with E-state index in [1.165, 1.54) is 16.7 Å². The normalized spacial score (nSPS) is 17.6. The Hall–Kier alpha value is -1.02. The van der Waals surface area contributed by atoms with Gasteiger partial charge in [0.1, 0.15) is 5.75 Å². The van der Waals surface area contributed by atoms with Gasteiger partial charge in [-0.3, -0.25) is 0 Å². The van der Waals surface area contributed by atoms with Crippen molar-refractivity contribution in [3.8, 4) is 5.75 Å². The van der Waals surface area contributed by atoms with E-state index >= 15 is 0 Å². The van der Waals surface area contributed by atoms with Gasteiger partial charge < -0.3 is 10.5 Å². The molecular formula is C13H19NO. The minimum atomic E-state index is 0.0744. The first-order valence-electron chi connectivity index (χ1n) is 5.48. The van der Waals surface area contributed by atoms with Gasteiger partial charge in [-0.15, -0.1) is 0 Å². The van der Waals surface area contributed by atoms with Crippen molar-refractivity contribution >= 4 is 0 Å². The Morgan fingerprint density at radius 2 is 2.00 bits per heavy atom. The summed E-state index contributed by atoms with van der Waals surface area (Å²) in [5, 5.41) is 0.